The Balaban J connectivity index is 1.58. The predicted molar refractivity (Wildman–Crippen MR) is 114 cm³/mol. The fraction of sp³-hybridized carbons (Fsp3) is 0.261. The van der Waals surface area contributed by atoms with Gasteiger partial charge < -0.3 is 20.1 Å². The second kappa shape index (κ2) is 8.82. The first kappa shape index (κ1) is 19.7. The van der Waals surface area contributed by atoms with E-state index in [1.54, 1.807) is 13.3 Å². The third-order valence-electron chi connectivity index (χ3n) is 5.23. The quantitative estimate of drug-likeness (QED) is 0.676. The van der Waals surface area contributed by atoms with Crippen LogP contribution in [0.2, 0.25) is 0 Å². The van der Waals surface area contributed by atoms with Gasteiger partial charge in [0.1, 0.15) is 11.5 Å². The number of ether oxygens (including phenoxy) is 2. The molecule has 1 atom stereocenters. The summed E-state index contributed by atoms with van der Waals surface area (Å²) in [6.45, 7) is 0.645. The van der Waals surface area contributed by atoms with Gasteiger partial charge in [-0.05, 0) is 42.7 Å². The summed E-state index contributed by atoms with van der Waals surface area (Å²) in [4.78, 5) is 23.5. The highest BCUT2D eigenvalue weighted by atomic mass is 16.5. The number of likely N-dealkylation sites (tertiary alicyclic amines) is 1. The lowest BCUT2D eigenvalue weighted by Crippen LogP contribution is -2.35. The Morgan fingerprint density at radius 1 is 1.13 bits per heavy atom. The van der Waals surface area contributed by atoms with Gasteiger partial charge in [-0.25, -0.2) is 9.97 Å². The molecule has 1 aliphatic rings. The molecule has 0 bridgehead atoms. The summed E-state index contributed by atoms with van der Waals surface area (Å²) in [5.41, 5.74) is 8.48. The van der Waals surface area contributed by atoms with E-state index in [1.807, 2.05) is 59.5 Å². The lowest BCUT2D eigenvalue weighted by molar-refractivity contribution is -0.134. The van der Waals surface area contributed by atoms with Crippen molar-refractivity contribution in [1.29, 1.82) is 0 Å². The van der Waals surface area contributed by atoms with Crippen LogP contribution in [0.5, 0.6) is 11.5 Å². The largest absolute Gasteiger partial charge is 0.497 e. The molecule has 2 aromatic carbocycles. The van der Waals surface area contributed by atoms with Crippen LogP contribution in [0.25, 0.3) is 11.1 Å². The molecule has 30 heavy (non-hydrogen) atoms. The third kappa shape index (κ3) is 4.20. The second-order valence-electron chi connectivity index (χ2n) is 7.10. The van der Waals surface area contributed by atoms with Gasteiger partial charge in [-0.15, -0.1) is 0 Å². The Morgan fingerprint density at radius 3 is 2.63 bits per heavy atom. The first-order valence-electron chi connectivity index (χ1n) is 9.90. The van der Waals surface area contributed by atoms with Crippen molar-refractivity contribution in [3.63, 3.8) is 0 Å². The fourth-order valence-corrected chi connectivity index (χ4v) is 3.75. The highest BCUT2D eigenvalue weighted by molar-refractivity contribution is 5.79. The Morgan fingerprint density at radius 2 is 1.90 bits per heavy atom. The summed E-state index contributed by atoms with van der Waals surface area (Å²) in [5.74, 6) is 1.57. The molecule has 0 saturated carbocycles. The standard InChI is InChI=1S/C23H24N4O3/c1-29-17-11-9-16(10-12-17)19-14-25-23(24)26-22(19)20-8-5-13-27(20)21(28)15-30-18-6-3-2-4-7-18/h2-4,6-7,9-12,14,20H,5,8,13,15H2,1H3,(H2,24,25,26)/t20-/m0/s1. The van der Waals surface area contributed by atoms with Crippen LogP contribution in [0.15, 0.2) is 60.8 Å². The van der Waals surface area contributed by atoms with Crippen LogP contribution < -0.4 is 15.2 Å². The molecule has 1 saturated heterocycles. The highest BCUT2D eigenvalue weighted by Gasteiger charge is 2.33. The van der Waals surface area contributed by atoms with Crippen molar-refractivity contribution in [2.45, 2.75) is 18.9 Å². The van der Waals surface area contributed by atoms with Crippen LogP contribution in [-0.4, -0.2) is 41.0 Å². The fourth-order valence-electron chi connectivity index (χ4n) is 3.75. The lowest BCUT2D eigenvalue weighted by Gasteiger charge is -2.26. The van der Waals surface area contributed by atoms with Crippen molar-refractivity contribution in [2.75, 3.05) is 26.0 Å². The number of nitrogen functional groups attached to an aromatic ring is 1. The van der Waals surface area contributed by atoms with Gasteiger partial charge in [0.15, 0.2) is 6.61 Å². The second-order valence-corrected chi connectivity index (χ2v) is 7.10. The molecular weight excluding hydrogens is 380 g/mol. The van der Waals surface area contributed by atoms with Crippen molar-refractivity contribution in [3.05, 3.63) is 66.5 Å². The van der Waals surface area contributed by atoms with Crippen molar-refractivity contribution >= 4 is 11.9 Å². The average molecular weight is 404 g/mol. The molecule has 2 heterocycles. The zero-order chi connectivity index (χ0) is 20.9. The molecule has 1 amide bonds. The molecule has 154 valence electrons. The van der Waals surface area contributed by atoms with E-state index in [2.05, 4.69) is 9.97 Å². The minimum Gasteiger partial charge on any atom is -0.497 e. The van der Waals surface area contributed by atoms with Gasteiger partial charge in [-0.1, -0.05) is 30.3 Å². The number of hydrogen-bond acceptors (Lipinski definition) is 6. The van der Waals surface area contributed by atoms with Crippen molar-refractivity contribution < 1.29 is 14.3 Å². The van der Waals surface area contributed by atoms with Gasteiger partial charge in [0, 0.05) is 18.3 Å². The number of benzene rings is 2. The first-order chi connectivity index (χ1) is 14.7. The van der Waals surface area contributed by atoms with E-state index in [0.29, 0.717) is 12.3 Å². The number of anilines is 1. The van der Waals surface area contributed by atoms with Gasteiger partial charge >= 0.3 is 0 Å². The van der Waals surface area contributed by atoms with E-state index in [9.17, 15) is 4.79 Å². The Labute approximate surface area is 175 Å². The van der Waals surface area contributed by atoms with E-state index >= 15 is 0 Å². The van der Waals surface area contributed by atoms with Gasteiger partial charge in [-0.2, -0.15) is 0 Å². The van der Waals surface area contributed by atoms with Crippen molar-refractivity contribution in [3.8, 4) is 22.6 Å². The summed E-state index contributed by atoms with van der Waals surface area (Å²) < 4.78 is 10.9. The van der Waals surface area contributed by atoms with Gasteiger partial charge in [0.2, 0.25) is 5.95 Å². The number of methoxy groups -OCH3 is 1. The van der Waals surface area contributed by atoms with Gasteiger partial charge in [0.25, 0.3) is 5.91 Å². The molecule has 0 spiro atoms. The number of carbonyl (C=O) groups excluding carboxylic acids is 1. The maximum absolute atomic E-state index is 12.9. The summed E-state index contributed by atoms with van der Waals surface area (Å²) in [5, 5.41) is 0. The van der Waals surface area contributed by atoms with E-state index in [1.165, 1.54) is 0 Å². The number of nitrogens with zero attached hydrogens (tertiary/aromatic N) is 3. The molecule has 1 aromatic heterocycles. The molecule has 0 radical (unpaired) electrons. The SMILES string of the molecule is COc1ccc(-c2cnc(N)nc2[C@@H]2CCCN2C(=O)COc2ccccc2)cc1. The molecular formula is C23H24N4O3. The summed E-state index contributed by atoms with van der Waals surface area (Å²) in [7, 11) is 1.63. The van der Waals surface area contributed by atoms with Crippen molar-refractivity contribution in [1.82, 2.24) is 14.9 Å². The van der Waals surface area contributed by atoms with Crippen LogP contribution in [0.1, 0.15) is 24.6 Å². The number of rotatable bonds is 6. The number of amides is 1. The Bertz CT molecular complexity index is 1010. The average Bonchev–Trinajstić information content (AvgIpc) is 3.28. The van der Waals surface area contributed by atoms with Crippen LogP contribution in [0.4, 0.5) is 5.95 Å². The van der Waals surface area contributed by atoms with Gasteiger partial charge in [-0.3, -0.25) is 4.79 Å². The smallest absolute Gasteiger partial charge is 0.261 e. The van der Waals surface area contributed by atoms with Crippen LogP contribution in [0, 0.1) is 0 Å². The molecule has 4 rings (SSSR count). The lowest BCUT2D eigenvalue weighted by atomic mass is 9.99. The number of para-hydroxylation sites is 1. The summed E-state index contributed by atoms with van der Waals surface area (Å²) >= 11 is 0. The molecule has 3 aromatic rings. The monoisotopic (exact) mass is 404 g/mol. The molecule has 2 N–H and O–H groups in total. The van der Waals surface area contributed by atoms with E-state index in [4.69, 9.17) is 15.2 Å². The minimum atomic E-state index is -0.167. The molecule has 7 nitrogen and oxygen atoms in total. The number of hydrogen-bond donors (Lipinski definition) is 1. The number of carbonyl (C=O) groups is 1. The maximum Gasteiger partial charge on any atom is 0.261 e. The molecule has 7 heteroatoms. The van der Waals surface area contributed by atoms with Crippen molar-refractivity contribution in [2.24, 2.45) is 0 Å². The normalized spacial score (nSPS) is 15.8. The topological polar surface area (TPSA) is 90.6 Å². The predicted octanol–water partition coefficient (Wildman–Crippen LogP) is 3.48. The van der Waals surface area contributed by atoms with E-state index in [-0.39, 0.29) is 24.5 Å². The zero-order valence-electron chi connectivity index (χ0n) is 16.8. The number of nitrogens with two attached hydrogens (primary N) is 1. The molecule has 0 aliphatic carbocycles. The zero-order valence-corrected chi connectivity index (χ0v) is 16.8. The number of aromatic nitrogens is 2. The first-order valence-corrected chi connectivity index (χ1v) is 9.90. The third-order valence-corrected chi connectivity index (χ3v) is 5.23. The van der Waals surface area contributed by atoms with Crippen LogP contribution in [-0.2, 0) is 4.79 Å². The van der Waals surface area contributed by atoms with E-state index < -0.39 is 0 Å². The maximum atomic E-state index is 12.9. The minimum absolute atomic E-state index is 0.0149. The van der Waals surface area contributed by atoms with E-state index in [0.717, 1.165) is 35.4 Å². The van der Waals surface area contributed by atoms with Crippen LogP contribution >= 0.6 is 0 Å². The molecule has 0 unspecified atom stereocenters. The Hall–Kier alpha value is -3.61. The highest BCUT2D eigenvalue weighted by Crippen LogP contribution is 2.37. The van der Waals surface area contributed by atoms with Crippen LogP contribution in [0.3, 0.4) is 0 Å². The Kier molecular flexibility index (Phi) is 5.79. The molecule has 1 aliphatic heterocycles. The molecule has 1 fully saturated rings. The van der Waals surface area contributed by atoms with Gasteiger partial charge in [0.05, 0.1) is 18.8 Å². The summed E-state index contributed by atoms with van der Waals surface area (Å²) in [6.07, 6.45) is 3.44. The summed E-state index contributed by atoms with van der Waals surface area (Å²) in [6, 6.07) is 16.9.